The lowest BCUT2D eigenvalue weighted by molar-refractivity contribution is 0.313. The molecule has 2 aromatic carbocycles. The van der Waals surface area contributed by atoms with E-state index in [0.717, 1.165) is 17.4 Å². The number of hydrogen-bond donors (Lipinski definition) is 1. The second-order valence-electron chi connectivity index (χ2n) is 5.10. The first-order valence-electron chi connectivity index (χ1n) is 6.56. The average Bonchev–Trinajstić information content (AvgIpc) is 2.81. The zero-order chi connectivity index (χ0) is 14.1. The fraction of sp³-hybridized carbons (Fsp3) is 0.250. The summed E-state index contributed by atoms with van der Waals surface area (Å²) in [7, 11) is 0. The molecule has 2 aromatic rings. The lowest BCUT2D eigenvalue weighted by atomic mass is 9.90. The Kier molecular flexibility index (Phi) is 3.40. The highest BCUT2D eigenvalue weighted by Gasteiger charge is 2.29. The lowest BCUT2D eigenvalue weighted by Crippen LogP contribution is -2.31. The number of rotatable bonds is 3. The molecule has 0 amide bonds. The molecule has 1 heterocycles. The molecule has 2 nitrogen and oxygen atoms in total. The number of benzene rings is 2. The summed E-state index contributed by atoms with van der Waals surface area (Å²) in [4.78, 5) is 0. The Morgan fingerprint density at radius 3 is 2.60 bits per heavy atom. The van der Waals surface area contributed by atoms with Gasteiger partial charge in [0.2, 0.25) is 0 Å². The largest absolute Gasteiger partial charge is 0.493 e. The Labute approximate surface area is 116 Å². The molecule has 1 aliphatic rings. The Bertz CT molecular complexity index is 609. The van der Waals surface area contributed by atoms with Gasteiger partial charge in [-0.05, 0) is 30.2 Å². The third-order valence-electron chi connectivity index (χ3n) is 3.65. The van der Waals surface area contributed by atoms with Gasteiger partial charge in [0.1, 0.15) is 17.4 Å². The molecule has 0 saturated heterocycles. The van der Waals surface area contributed by atoms with Gasteiger partial charge >= 0.3 is 0 Å². The second kappa shape index (κ2) is 5.21. The maximum Gasteiger partial charge on any atom is 0.126 e. The number of halogens is 2. The van der Waals surface area contributed by atoms with Crippen molar-refractivity contribution in [3.05, 3.63) is 65.2 Å². The highest BCUT2D eigenvalue weighted by molar-refractivity contribution is 5.40. The van der Waals surface area contributed by atoms with E-state index in [1.807, 2.05) is 24.3 Å². The van der Waals surface area contributed by atoms with Crippen LogP contribution in [-0.2, 0) is 6.42 Å². The summed E-state index contributed by atoms with van der Waals surface area (Å²) in [6.07, 6.45) is 0.414. The van der Waals surface area contributed by atoms with E-state index < -0.39 is 11.6 Å². The predicted molar refractivity (Wildman–Crippen MR) is 72.7 cm³/mol. The van der Waals surface area contributed by atoms with Crippen molar-refractivity contribution in [3.8, 4) is 5.75 Å². The molecule has 0 radical (unpaired) electrons. The molecule has 3 rings (SSSR count). The monoisotopic (exact) mass is 275 g/mol. The number of nitrogens with two attached hydrogens (primary N) is 1. The van der Waals surface area contributed by atoms with E-state index in [1.165, 1.54) is 12.1 Å². The van der Waals surface area contributed by atoms with E-state index in [0.29, 0.717) is 18.6 Å². The number of hydrogen-bond acceptors (Lipinski definition) is 2. The fourth-order valence-corrected chi connectivity index (χ4v) is 2.69. The quantitative estimate of drug-likeness (QED) is 0.934. The van der Waals surface area contributed by atoms with Crippen molar-refractivity contribution in [2.75, 3.05) is 6.61 Å². The van der Waals surface area contributed by atoms with Gasteiger partial charge in [-0.1, -0.05) is 18.2 Å². The predicted octanol–water partition coefficient (Wildman–Crippen LogP) is 3.01. The molecule has 0 spiro atoms. The van der Waals surface area contributed by atoms with Crippen LogP contribution in [-0.4, -0.2) is 12.6 Å². The zero-order valence-electron chi connectivity index (χ0n) is 10.9. The normalized spacial score (nSPS) is 18.4. The second-order valence-corrected chi connectivity index (χ2v) is 5.10. The molecule has 20 heavy (non-hydrogen) atoms. The highest BCUT2D eigenvalue weighted by atomic mass is 19.1. The van der Waals surface area contributed by atoms with E-state index in [2.05, 4.69) is 0 Å². The summed E-state index contributed by atoms with van der Waals surface area (Å²) in [5.41, 5.74) is 7.84. The topological polar surface area (TPSA) is 35.2 Å². The Morgan fingerprint density at radius 2 is 1.85 bits per heavy atom. The van der Waals surface area contributed by atoms with Crippen molar-refractivity contribution < 1.29 is 13.5 Å². The van der Waals surface area contributed by atoms with Crippen molar-refractivity contribution in [1.29, 1.82) is 0 Å². The SMILES string of the molecule is NC(Cc1cc(F)cc(F)c1)C1COc2ccccc21. The van der Waals surface area contributed by atoms with E-state index >= 15 is 0 Å². The molecular formula is C16H15F2NO. The fourth-order valence-electron chi connectivity index (χ4n) is 2.69. The van der Waals surface area contributed by atoms with Crippen LogP contribution in [0.25, 0.3) is 0 Å². The van der Waals surface area contributed by atoms with Crippen molar-refractivity contribution in [1.82, 2.24) is 0 Å². The van der Waals surface area contributed by atoms with Crippen molar-refractivity contribution in [2.24, 2.45) is 5.73 Å². The van der Waals surface area contributed by atoms with Crippen LogP contribution in [0.2, 0.25) is 0 Å². The van der Waals surface area contributed by atoms with Crippen molar-refractivity contribution in [3.63, 3.8) is 0 Å². The average molecular weight is 275 g/mol. The molecule has 2 unspecified atom stereocenters. The minimum Gasteiger partial charge on any atom is -0.493 e. The molecule has 104 valence electrons. The van der Waals surface area contributed by atoms with Crippen LogP contribution in [0.3, 0.4) is 0 Å². The molecular weight excluding hydrogens is 260 g/mol. The molecule has 4 heteroatoms. The van der Waals surface area contributed by atoms with Crippen LogP contribution in [0, 0.1) is 11.6 Å². The van der Waals surface area contributed by atoms with Gasteiger partial charge in [0.05, 0.1) is 6.61 Å². The zero-order valence-corrected chi connectivity index (χ0v) is 10.9. The summed E-state index contributed by atoms with van der Waals surface area (Å²) >= 11 is 0. The van der Waals surface area contributed by atoms with Crippen LogP contribution in [0.5, 0.6) is 5.75 Å². The van der Waals surface area contributed by atoms with Crippen molar-refractivity contribution in [2.45, 2.75) is 18.4 Å². The van der Waals surface area contributed by atoms with E-state index in [4.69, 9.17) is 10.5 Å². The third kappa shape index (κ3) is 2.51. The molecule has 1 aliphatic heterocycles. The smallest absolute Gasteiger partial charge is 0.126 e. The molecule has 0 aromatic heterocycles. The number of para-hydroxylation sites is 1. The van der Waals surface area contributed by atoms with Gasteiger partial charge in [-0.25, -0.2) is 8.78 Å². The Balaban J connectivity index is 1.79. The number of ether oxygens (including phenoxy) is 1. The number of fused-ring (bicyclic) bond motifs is 1. The summed E-state index contributed by atoms with van der Waals surface area (Å²) in [6, 6.07) is 11.0. The van der Waals surface area contributed by atoms with Gasteiger partial charge in [-0.3, -0.25) is 0 Å². The van der Waals surface area contributed by atoms with Crippen LogP contribution in [0.4, 0.5) is 8.78 Å². The summed E-state index contributed by atoms with van der Waals surface area (Å²) in [5.74, 6) is -0.249. The molecule has 2 N–H and O–H groups in total. The Morgan fingerprint density at radius 1 is 1.15 bits per heavy atom. The maximum atomic E-state index is 13.2. The molecule has 0 bridgehead atoms. The van der Waals surface area contributed by atoms with Gasteiger partial charge in [-0.15, -0.1) is 0 Å². The summed E-state index contributed by atoms with van der Waals surface area (Å²) in [6.45, 7) is 0.512. The summed E-state index contributed by atoms with van der Waals surface area (Å²) < 4.78 is 32.0. The van der Waals surface area contributed by atoms with E-state index in [1.54, 1.807) is 0 Å². The standard InChI is InChI=1S/C16H15F2NO/c17-11-5-10(6-12(18)8-11)7-15(19)14-9-20-16-4-2-1-3-13(14)16/h1-6,8,14-15H,7,9,19H2. The first-order valence-corrected chi connectivity index (χ1v) is 6.56. The van der Waals surface area contributed by atoms with Crippen LogP contribution in [0.1, 0.15) is 17.0 Å². The van der Waals surface area contributed by atoms with Crippen LogP contribution < -0.4 is 10.5 Å². The first-order chi connectivity index (χ1) is 9.63. The van der Waals surface area contributed by atoms with Crippen molar-refractivity contribution >= 4 is 0 Å². The van der Waals surface area contributed by atoms with Crippen LogP contribution >= 0.6 is 0 Å². The maximum absolute atomic E-state index is 13.2. The van der Waals surface area contributed by atoms with Gasteiger partial charge in [0.15, 0.2) is 0 Å². The van der Waals surface area contributed by atoms with Gasteiger partial charge in [0.25, 0.3) is 0 Å². The third-order valence-corrected chi connectivity index (χ3v) is 3.65. The van der Waals surface area contributed by atoms with Crippen LogP contribution in [0.15, 0.2) is 42.5 Å². The van der Waals surface area contributed by atoms with E-state index in [9.17, 15) is 8.78 Å². The van der Waals surface area contributed by atoms with Gasteiger partial charge in [-0.2, -0.15) is 0 Å². The minimum atomic E-state index is -0.574. The molecule has 0 saturated carbocycles. The highest BCUT2D eigenvalue weighted by Crippen LogP contribution is 2.35. The Hall–Kier alpha value is -1.94. The summed E-state index contributed by atoms with van der Waals surface area (Å²) in [5, 5.41) is 0. The van der Waals surface area contributed by atoms with Gasteiger partial charge < -0.3 is 10.5 Å². The van der Waals surface area contributed by atoms with E-state index in [-0.39, 0.29) is 12.0 Å². The molecule has 0 aliphatic carbocycles. The molecule has 0 fully saturated rings. The minimum absolute atomic E-state index is 0.0533. The van der Waals surface area contributed by atoms with Gasteiger partial charge in [0, 0.05) is 23.6 Å². The first kappa shape index (κ1) is 13.1. The lowest BCUT2D eigenvalue weighted by Gasteiger charge is -2.18. The molecule has 2 atom stereocenters.